The average Bonchev–Trinajstić information content (AvgIpc) is 2.82. The Bertz CT molecular complexity index is 1020. The Morgan fingerprint density at radius 2 is 1.65 bits per heavy atom. The molecule has 0 radical (unpaired) electrons. The summed E-state index contributed by atoms with van der Waals surface area (Å²) in [5, 5.41) is 0. The standard InChI is InChI=1S/C21H25N3O6S/c1-29-19-9-8-17(14-20(19)30-2)24(31(27,28)18-6-4-3-5-7-18)15-21(26)23-12-10-22(16-25)11-13-23/h3-9,14,16H,10-13,15H2,1-2H3. The van der Waals surface area contributed by atoms with Gasteiger partial charge in [0.1, 0.15) is 6.54 Å². The van der Waals surface area contributed by atoms with Crippen molar-refractivity contribution in [3.8, 4) is 11.5 Å². The predicted molar refractivity (Wildman–Crippen MR) is 115 cm³/mol. The molecule has 0 aromatic heterocycles. The molecule has 2 aromatic carbocycles. The minimum absolute atomic E-state index is 0.0726. The number of ether oxygens (including phenoxy) is 2. The van der Waals surface area contributed by atoms with Crippen LogP contribution in [-0.2, 0) is 19.6 Å². The second kappa shape index (κ2) is 9.69. The van der Waals surface area contributed by atoms with Crippen molar-refractivity contribution in [3.05, 3.63) is 48.5 Å². The second-order valence-electron chi connectivity index (χ2n) is 6.89. The molecule has 0 N–H and O–H groups in total. The highest BCUT2D eigenvalue weighted by molar-refractivity contribution is 7.92. The molecule has 0 saturated carbocycles. The molecule has 0 atom stereocenters. The summed E-state index contributed by atoms with van der Waals surface area (Å²) in [7, 11) is -1.09. The van der Waals surface area contributed by atoms with Crippen LogP contribution in [0.4, 0.5) is 5.69 Å². The minimum atomic E-state index is -4.02. The Kier molecular flexibility index (Phi) is 7.01. The Hall–Kier alpha value is -3.27. The van der Waals surface area contributed by atoms with Crippen LogP contribution in [0.2, 0.25) is 0 Å². The molecule has 2 aromatic rings. The highest BCUT2D eigenvalue weighted by atomic mass is 32.2. The molecule has 10 heteroatoms. The molecule has 1 aliphatic heterocycles. The van der Waals surface area contributed by atoms with Gasteiger partial charge in [-0.15, -0.1) is 0 Å². The van der Waals surface area contributed by atoms with Crippen molar-refractivity contribution in [1.82, 2.24) is 9.80 Å². The van der Waals surface area contributed by atoms with Gasteiger partial charge in [-0.25, -0.2) is 8.42 Å². The lowest BCUT2D eigenvalue weighted by atomic mass is 10.2. The maximum absolute atomic E-state index is 13.4. The van der Waals surface area contributed by atoms with Crippen LogP contribution < -0.4 is 13.8 Å². The first-order valence-corrected chi connectivity index (χ1v) is 11.1. The van der Waals surface area contributed by atoms with Crippen molar-refractivity contribution in [2.45, 2.75) is 4.90 Å². The first-order chi connectivity index (χ1) is 14.9. The maximum atomic E-state index is 13.4. The monoisotopic (exact) mass is 447 g/mol. The molecule has 1 aliphatic rings. The number of benzene rings is 2. The largest absolute Gasteiger partial charge is 0.493 e. The molecule has 0 spiro atoms. The molecule has 0 bridgehead atoms. The molecule has 0 unspecified atom stereocenters. The zero-order valence-corrected chi connectivity index (χ0v) is 18.2. The van der Waals surface area contributed by atoms with Gasteiger partial charge < -0.3 is 19.3 Å². The van der Waals surface area contributed by atoms with Gasteiger partial charge in [0.25, 0.3) is 10.0 Å². The lowest BCUT2D eigenvalue weighted by Crippen LogP contribution is -2.51. The summed E-state index contributed by atoms with van der Waals surface area (Å²) in [6.45, 7) is 1.15. The van der Waals surface area contributed by atoms with E-state index in [2.05, 4.69) is 0 Å². The van der Waals surface area contributed by atoms with Crippen molar-refractivity contribution in [3.63, 3.8) is 0 Å². The summed E-state index contributed by atoms with van der Waals surface area (Å²) in [4.78, 5) is 27.1. The summed E-state index contributed by atoms with van der Waals surface area (Å²) < 4.78 is 38.5. The fraction of sp³-hybridized carbons (Fsp3) is 0.333. The zero-order valence-electron chi connectivity index (χ0n) is 17.4. The number of carbonyl (C=O) groups is 2. The molecule has 2 amide bonds. The topological polar surface area (TPSA) is 96.5 Å². The molecule has 31 heavy (non-hydrogen) atoms. The highest BCUT2D eigenvalue weighted by Gasteiger charge is 2.30. The van der Waals surface area contributed by atoms with E-state index in [1.807, 2.05) is 0 Å². The van der Waals surface area contributed by atoms with Crippen LogP contribution >= 0.6 is 0 Å². The van der Waals surface area contributed by atoms with E-state index in [-0.39, 0.29) is 23.0 Å². The van der Waals surface area contributed by atoms with Crippen LogP contribution in [0.5, 0.6) is 11.5 Å². The van der Waals surface area contributed by atoms with E-state index in [0.717, 1.165) is 10.7 Å². The Morgan fingerprint density at radius 1 is 1.00 bits per heavy atom. The average molecular weight is 448 g/mol. The summed E-state index contributed by atoms with van der Waals surface area (Å²) >= 11 is 0. The number of rotatable bonds is 8. The van der Waals surface area contributed by atoms with Gasteiger partial charge in [-0.1, -0.05) is 18.2 Å². The van der Waals surface area contributed by atoms with Crippen LogP contribution in [0.1, 0.15) is 0 Å². The van der Waals surface area contributed by atoms with Crippen molar-refractivity contribution in [2.24, 2.45) is 0 Å². The Labute approximate surface area is 181 Å². The molecule has 0 aliphatic carbocycles. The van der Waals surface area contributed by atoms with Gasteiger partial charge in [0.05, 0.1) is 24.8 Å². The van der Waals surface area contributed by atoms with E-state index in [9.17, 15) is 18.0 Å². The molecule has 1 saturated heterocycles. The highest BCUT2D eigenvalue weighted by Crippen LogP contribution is 2.33. The SMILES string of the molecule is COc1ccc(N(CC(=O)N2CCN(C=O)CC2)S(=O)(=O)c2ccccc2)cc1OC. The van der Waals surface area contributed by atoms with Crippen molar-refractivity contribution < 1.29 is 27.5 Å². The Morgan fingerprint density at radius 3 is 2.23 bits per heavy atom. The number of piperazine rings is 1. The van der Waals surface area contributed by atoms with Crippen molar-refractivity contribution in [2.75, 3.05) is 51.2 Å². The molecular weight excluding hydrogens is 422 g/mol. The summed E-state index contributed by atoms with van der Waals surface area (Å²) in [5.74, 6) is 0.444. The summed E-state index contributed by atoms with van der Waals surface area (Å²) in [5.41, 5.74) is 0.279. The van der Waals surface area contributed by atoms with Gasteiger partial charge in [0.2, 0.25) is 12.3 Å². The van der Waals surface area contributed by atoms with Crippen molar-refractivity contribution >= 4 is 28.0 Å². The number of amides is 2. The minimum Gasteiger partial charge on any atom is -0.493 e. The van der Waals surface area contributed by atoms with Crippen LogP contribution in [-0.4, -0.2) is 77.5 Å². The molecule has 9 nitrogen and oxygen atoms in total. The third-order valence-corrected chi connectivity index (χ3v) is 6.87. The van der Waals surface area contributed by atoms with Gasteiger partial charge in [0, 0.05) is 32.2 Å². The third-order valence-electron chi connectivity index (χ3n) is 5.08. The predicted octanol–water partition coefficient (Wildman–Crippen LogP) is 1.20. The zero-order chi connectivity index (χ0) is 22.4. The first-order valence-electron chi connectivity index (χ1n) is 9.67. The van der Waals surface area contributed by atoms with E-state index < -0.39 is 10.0 Å². The second-order valence-corrected chi connectivity index (χ2v) is 8.75. The maximum Gasteiger partial charge on any atom is 0.264 e. The van der Waals surface area contributed by atoms with Crippen molar-refractivity contribution in [1.29, 1.82) is 0 Å². The fourth-order valence-corrected chi connectivity index (χ4v) is 4.74. The van der Waals surface area contributed by atoms with Gasteiger partial charge in [0.15, 0.2) is 11.5 Å². The number of anilines is 1. The normalized spacial score (nSPS) is 14.1. The van der Waals surface area contributed by atoms with Crippen LogP contribution in [0.15, 0.2) is 53.4 Å². The molecule has 1 heterocycles. The van der Waals surface area contributed by atoms with Gasteiger partial charge in [-0.05, 0) is 24.3 Å². The lowest BCUT2D eigenvalue weighted by molar-refractivity contribution is -0.133. The van der Waals surface area contributed by atoms with Gasteiger partial charge in [-0.3, -0.25) is 13.9 Å². The van der Waals surface area contributed by atoms with Crippen LogP contribution in [0.25, 0.3) is 0 Å². The smallest absolute Gasteiger partial charge is 0.264 e. The number of methoxy groups -OCH3 is 2. The third kappa shape index (κ3) is 4.91. The van der Waals surface area contributed by atoms with E-state index in [1.54, 1.807) is 40.1 Å². The number of hydrogen-bond acceptors (Lipinski definition) is 6. The molecule has 1 fully saturated rings. The number of nitrogens with zero attached hydrogens (tertiary/aromatic N) is 3. The van der Waals surface area contributed by atoms with Crippen LogP contribution in [0, 0.1) is 0 Å². The lowest BCUT2D eigenvalue weighted by Gasteiger charge is -2.34. The quantitative estimate of drug-likeness (QED) is 0.564. The molecule has 3 rings (SSSR count). The van der Waals surface area contributed by atoms with Crippen LogP contribution in [0.3, 0.4) is 0 Å². The van der Waals surface area contributed by atoms with E-state index in [1.165, 1.54) is 32.4 Å². The molecular formula is C21H25N3O6S. The Balaban J connectivity index is 1.95. The molecule has 166 valence electrons. The van der Waals surface area contributed by atoms with E-state index >= 15 is 0 Å². The van der Waals surface area contributed by atoms with E-state index in [0.29, 0.717) is 37.7 Å². The van der Waals surface area contributed by atoms with Gasteiger partial charge >= 0.3 is 0 Å². The fourth-order valence-electron chi connectivity index (χ4n) is 3.31. The number of hydrogen-bond donors (Lipinski definition) is 0. The number of sulfonamides is 1. The summed E-state index contributed by atoms with van der Waals surface area (Å²) in [6, 6.07) is 12.6. The summed E-state index contributed by atoms with van der Waals surface area (Å²) in [6.07, 6.45) is 0.748. The van der Waals surface area contributed by atoms with E-state index in [4.69, 9.17) is 9.47 Å². The number of carbonyl (C=O) groups excluding carboxylic acids is 2. The van der Waals surface area contributed by atoms with Gasteiger partial charge in [-0.2, -0.15) is 0 Å². The first kappa shape index (κ1) is 22.4.